The first-order chi connectivity index (χ1) is 11.8. The highest BCUT2D eigenvalue weighted by Gasteiger charge is 2.43. The van der Waals surface area contributed by atoms with E-state index < -0.39 is 5.60 Å². The van der Waals surface area contributed by atoms with Crippen molar-refractivity contribution >= 4 is 11.6 Å². The third-order valence-corrected chi connectivity index (χ3v) is 6.47. The SMILES string of the molecule is CN(C)CC1(O)CCC2(CCN(Cc3ccc(Cl)c(F)c3)CC2)CC1. The highest BCUT2D eigenvalue weighted by molar-refractivity contribution is 6.30. The van der Waals surface area contributed by atoms with Gasteiger partial charge in [0.1, 0.15) is 5.82 Å². The number of aliphatic hydroxyl groups is 1. The average molecular weight is 369 g/mol. The molecule has 1 N–H and O–H groups in total. The molecule has 2 fully saturated rings. The molecule has 1 saturated heterocycles. The Morgan fingerprint density at radius 2 is 1.76 bits per heavy atom. The molecule has 0 bridgehead atoms. The molecule has 3 rings (SSSR count). The Morgan fingerprint density at radius 3 is 2.32 bits per heavy atom. The van der Waals surface area contributed by atoms with Gasteiger partial charge in [0.2, 0.25) is 0 Å². The summed E-state index contributed by atoms with van der Waals surface area (Å²) in [6.07, 6.45) is 6.44. The van der Waals surface area contributed by atoms with Gasteiger partial charge in [0.05, 0.1) is 10.6 Å². The highest BCUT2D eigenvalue weighted by atomic mass is 35.5. The Morgan fingerprint density at radius 1 is 1.12 bits per heavy atom. The number of rotatable bonds is 4. The summed E-state index contributed by atoms with van der Waals surface area (Å²) in [6, 6.07) is 5.11. The summed E-state index contributed by atoms with van der Waals surface area (Å²) in [5, 5.41) is 10.9. The third-order valence-electron chi connectivity index (χ3n) is 6.16. The van der Waals surface area contributed by atoms with Gasteiger partial charge < -0.3 is 10.0 Å². The van der Waals surface area contributed by atoms with Crippen LogP contribution in [0.3, 0.4) is 0 Å². The average Bonchev–Trinajstić information content (AvgIpc) is 2.56. The van der Waals surface area contributed by atoms with Crippen molar-refractivity contribution in [3.63, 3.8) is 0 Å². The maximum Gasteiger partial charge on any atom is 0.142 e. The van der Waals surface area contributed by atoms with Gasteiger partial charge in [-0.2, -0.15) is 0 Å². The molecule has 0 unspecified atom stereocenters. The summed E-state index contributed by atoms with van der Waals surface area (Å²) in [5.41, 5.74) is 0.884. The quantitative estimate of drug-likeness (QED) is 0.872. The van der Waals surface area contributed by atoms with Crippen LogP contribution in [0.15, 0.2) is 18.2 Å². The smallest absolute Gasteiger partial charge is 0.142 e. The van der Waals surface area contributed by atoms with Crippen LogP contribution in [0.1, 0.15) is 44.1 Å². The molecule has 1 aliphatic carbocycles. The van der Waals surface area contributed by atoms with Gasteiger partial charge >= 0.3 is 0 Å². The van der Waals surface area contributed by atoms with Crippen LogP contribution >= 0.6 is 11.6 Å². The van der Waals surface area contributed by atoms with E-state index in [1.807, 2.05) is 20.2 Å². The number of likely N-dealkylation sites (N-methyl/N-ethyl adjacent to an activating group) is 1. The van der Waals surface area contributed by atoms with Crippen LogP contribution in [0.2, 0.25) is 5.02 Å². The molecule has 5 heteroatoms. The van der Waals surface area contributed by atoms with Crippen LogP contribution in [-0.4, -0.2) is 54.2 Å². The summed E-state index contributed by atoms with van der Waals surface area (Å²) in [6.45, 7) is 3.65. The van der Waals surface area contributed by atoms with Gasteiger partial charge in [-0.3, -0.25) is 4.90 Å². The lowest BCUT2D eigenvalue weighted by Gasteiger charge is -2.49. The molecule has 0 radical (unpaired) electrons. The fourth-order valence-corrected chi connectivity index (χ4v) is 4.69. The molecular weight excluding hydrogens is 339 g/mol. The van der Waals surface area contributed by atoms with Crippen molar-refractivity contribution in [1.29, 1.82) is 0 Å². The molecule has 1 saturated carbocycles. The second-order valence-corrected chi connectivity index (χ2v) is 8.89. The third kappa shape index (κ3) is 4.73. The van der Waals surface area contributed by atoms with Gasteiger partial charge in [-0.25, -0.2) is 4.39 Å². The van der Waals surface area contributed by atoms with Crippen molar-refractivity contribution in [3.8, 4) is 0 Å². The largest absolute Gasteiger partial charge is 0.389 e. The van der Waals surface area contributed by atoms with E-state index in [1.165, 1.54) is 12.8 Å². The fraction of sp³-hybridized carbons (Fsp3) is 0.700. The first kappa shape index (κ1) is 19.1. The number of likely N-dealkylation sites (tertiary alicyclic amines) is 1. The van der Waals surface area contributed by atoms with E-state index in [0.29, 0.717) is 5.41 Å². The number of hydrogen-bond acceptors (Lipinski definition) is 3. The Kier molecular flexibility index (Phi) is 5.74. The molecule has 140 valence electrons. The predicted molar refractivity (Wildman–Crippen MR) is 100 cm³/mol. The summed E-state index contributed by atoms with van der Waals surface area (Å²) in [4.78, 5) is 4.50. The minimum atomic E-state index is -0.507. The van der Waals surface area contributed by atoms with Crippen molar-refractivity contribution in [2.75, 3.05) is 33.7 Å². The monoisotopic (exact) mass is 368 g/mol. The molecule has 1 aliphatic heterocycles. The Balaban J connectivity index is 1.51. The van der Waals surface area contributed by atoms with Crippen LogP contribution in [0.25, 0.3) is 0 Å². The molecule has 25 heavy (non-hydrogen) atoms. The van der Waals surface area contributed by atoms with Crippen LogP contribution < -0.4 is 0 Å². The summed E-state index contributed by atoms with van der Waals surface area (Å²) in [7, 11) is 4.06. The minimum absolute atomic E-state index is 0.189. The Bertz CT molecular complexity index is 589. The number of halogens is 2. The summed E-state index contributed by atoms with van der Waals surface area (Å²) in [5.74, 6) is -0.333. The van der Waals surface area contributed by atoms with Crippen molar-refractivity contribution < 1.29 is 9.50 Å². The zero-order valence-electron chi connectivity index (χ0n) is 15.4. The number of piperidine rings is 1. The number of hydrogen-bond donors (Lipinski definition) is 1. The van der Waals surface area contributed by atoms with E-state index in [4.69, 9.17) is 11.6 Å². The van der Waals surface area contributed by atoms with Crippen LogP contribution in [-0.2, 0) is 6.54 Å². The fourth-order valence-electron chi connectivity index (χ4n) is 4.57. The molecule has 1 aromatic carbocycles. The molecule has 1 spiro atoms. The molecule has 1 heterocycles. The van der Waals surface area contributed by atoms with Crippen LogP contribution in [0, 0.1) is 11.2 Å². The van der Waals surface area contributed by atoms with E-state index in [-0.39, 0.29) is 10.8 Å². The first-order valence-corrected chi connectivity index (χ1v) is 9.71. The van der Waals surface area contributed by atoms with E-state index in [0.717, 1.165) is 57.4 Å². The lowest BCUT2D eigenvalue weighted by molar-refractivity contribution is -0.0638. The molecule has 2 aliphatic rings. The van der Waals surface area contributed by atoms with Crippen molar-refractivity contribution in [2.24, 2.45) is 5.41 Å². The molecule has 1 aromatic rings. The number of nitrogens with zero attached hydrogens (tertiary/aromatic N) is 2. The first-order valence-electron chi connectivity index (χ1n) is 9.33. The van der Waals surface area contributed by atoms with E-state index in [1.54, 1.807) is 12.1 Å². The topological polar surface area (TPSA) is 26.7 Å². The van der Waals surface area contributed by atoms with Crippen LogP contribution in [0.5, 0.6) is 0 Å². The van der Waals surface area contributed by atoms with Gasteiger partial charge in [0, 0.05) is 13.1 Å². The zero-order chi connectivity index (χ0) is 18.1. The summed E-state index contributed by atoms with van der Waals surface area (Å²) < 4.78 is 13.6. The maximum absolute atomic E-state index is 13.6. The Labute approximate surface area is 155 Å². The van der Waals surface area contributed by atoms with Gasteiger partial charge in [-0.15, -0.1) is 0 Å². The molecule has 3 nitrogen and oxygen atoms in total. The van der Waals surface area contributed by atoms with Crippen LogP contribution in [0.4, 0.5) is 4.39 Å². The van der Waals surface area contributed by atoms with Crippen molar-refractivity contribution in [3.05, 3.63) is 34.6 Å². The normalized spacial score (nSPS) is 23.3. The Hall–Kier alpha value is -0.680. The van der Waals surface area contributed by atoms with E-state index >= 15 is 0 Å². The molecule has 0 aromatic heterocycles. The standard InChI is InChI=1S/C20H30ClFN2O/c1-23(2)15-20(25)7-5-19(6-8-20)9-11-24(12-10-19)14-16-3-4-17(21)18(22)13-16/h3-4,13,25H,5-12,14-15H2,1-2H3. The van der Waals surface area contributed by atoms with E-state index in [2.05, 4.69) is 9.80 Å². The molecule has 0 amide bonds. The van der Waals surface area contributed by atoms with Gasteiger partial charge in [-0.1, -0.05) is 17.7 Å². The molecule has 0 atom stereocenters. The van der Waals surface area contributed by atoms with Gasteiger partial charge in [0.25, 0.3) is 0 Å². The minimum Gasteiger partial charge on any atom is -0.389 e. The predicted octanol–water partition coefficient (Wildman–Crippen LogP) is 3.93. The lowest BCUT2D eigenvalue weighted by atomic mass is 9.64. The van der Waals surface area contributed by atoms with Crippen molar-refractivity contribution in [1.82, 2.24) is 9.80 Å². The van der Waals surface area contributed by atoms with Gasteiger partial charge in [-0.05, 0) is 88.8 Å². The molecular formula is C20H30ClFN2O. The zero-order valence-corrected chi connectivity index (χ0v) is 16.2. The number of benzene rings is 1. The lowest BCUT2D eigenvalue weighted by Crippen LogP contribution is -2.48. The summed E-state index contributed by atoms with van der Waals surface area (Å²) >= 11 is 5.76. The maximum atomic E-state index is 13.6. The second kappa shape index (κ2) is 7.51. The highest BCUT2D eigenvalue weighted by Crippen LogP contribution is 2.47. The van der Waals surface area contributed by atoms with E-state index in [9.17, 15) is 9.50 Å². The second-order valence-electron chi connectivity index (χ2n) is 8.49. The van der Waals surface area contributed by atoms with Crippen molar-refractivity contribution in [2.45, 2.75) is 50.7 Å². The van der Waals surface area contributed by atoms with Gasteiger partial charge in [0.15, 0.2) is 0 Å².